The predicted octanol–water partition coefficient (Wildman–Crippen LogP) is 0.413. The maximum Gasteiger partial charge on any atom is 0.0594 e. The van der Waals surface area contributed by atoms with Crippen molar-refractivity contribution >= 4 is 0 Å². The Hall–Kier alpha value is -0.160. The molecule has 0 aliphatic carbocycles. The second-order valence-electron chi connectivity index (χ2n) is 5.28. The average molecular weight is 242 g/mol. The first-order valence-electron chi connectivity index (χ1n) is 7.02. The smallest absolute Gasteiger partial charge is 0.0594 e. The van der Waals surface area contributed by atoms with Gasteiger partial charge >= 0.3 is 0 Å². The van der Waals surface area contributed by atoms with E-state index in [-0.39, 0.29) is 0 Å². The summed E-state index contributed by atoms with van der Waals surface area (Å²) in [6, 6.07) is 0. The summed E-state index contributed by atoms with van der Waals surface area (Å²) in [6.07, 6.45) is 3.58. The van der Waals surface area contributed by atoms with Crippen LogP contribution in [0.4, 0.5) is 0 Å². The number of aliphatic hydroxyl groups is 1. The van der Waals surface area contributed by atoms with Crippen molar-refractivity contribution in [3.8, 4) is 0 Å². The van der Waals surface area contributed by atoms with E-state index in [0.717, 1.165) is 38.6 Å². The van der Waals surface area contributed by atoms with E-state index >= 15 is 0 Å². The van der Waals surface area contributed by atoms with Gasteiger partial charge in [-0.3, -0.25) is 4.90 Å². The Balaban J connectivity index is 1.64. The summed E-state index contributed by atoms with van der Waals surface area (Å²) in [4.78, 5) is 5.07. The Labute approximate surface area is 105 Å². The minimum atomic E-state index is 0.349. The van der Waals surface area contributed by atoms with Gasteiger partial charge in [0.1, 0.15) is 0 Å². The van der Waals surface area contributed by atoms with Gasteiger partial charge in [0, 0.05) is 39.3 Å². The standard InChI is InChI=1S/C13H26N2O2/c16-9-3-13-2-1-4-15(12-13)6-5-14-7-10-17-11-8-14/h13,16H,1-12H2. The van der Waals surface area contributed by atoms with Crippen LogP contribution >= 0.6 is 0 Å². The fourth-order valence-electron chi connectivity index (χ4n) is 2.88. The number of hydrogen-bond donors (Lipinski definition) is 1. The number of hydrogen-bond acceptors (Lipinski definition) is 4. The molecule has 0 saturated carbocycles. The molecule has 1 atom stereocenters. The van der Waals surface area contributed by atoms with Gasteiger partial charge in [-0.05, 0) is 31.7 Å². The van der Waals surface area contributed by atoms with Crippen molar-refractivity contribution in [3.05, 3.63) is 0 Å². The molecule has 2 rings (SSSR count). The molecule has 4 nitrogen and oxygen atoms in total. The lowest BCUT2D eigenvalue weighted by atomic mass is 9.95. The Morgan fingerprint density at radius 3 is 2.59 bits per heavy atom. The number of ether oxygens (including phenoxy) is 1. The first kappa shape index (κ1) is 13.3. The van der Waals surface area contributed by atoms with Gasteiger partial charge in [0.2, 0.25) is 0 Å². The maximum absolute atomic E-state index is 9.00. The minimum absolute atomic E-state index is 0.349. The van der Waals surface area contributed by atoms with Crippen molar-refractivity contribution in [3.63, 3.8) is 0 Å². The summed E-state index contributed by atoms with van der Waals surface area (Å²) in [6.45, 7) is 9.11. The van der Waals surface area contributed by atoms with Crippen molar-refractivity contribution in [1.29, 1.82) is 0 Å². The Bertz CT molecular complexity index is 206. The summed E-state index contributed by atoms with van der Waals surface area (Å²) in [5, 5.41) is 9.00. The van der Waals surface area contributed by atoms with E-state index in [9.17, 15) is 0 Å². The summed E-state index contributed by atoms with van der Waals surface area (Å²) >= 11 is 0. The zero-order chi connectivity index (χ0) is 11.9. The van der Waals surface area contributed by atoms with E-state index in [0.29, 0.717) is 6.61 Å². The van der Waals surface area contributed by atoms with E-state index in [1.807, 2.05) is 0 Å². The van der Waals surface area contributed by atoms with Gasteiger partial charge in [0.15, 0.2) is 0 Å². The largest absolute Gasteiger partial charge is 0.396 e. The van der Waals surface area contributed by atoms with Gasteiger partial charge in [-0.25, -0.2) is 0 Å². The third-order valence-electron chi connectivity index (χ3n) is 3.98. The van der Waals surface area contributed by atoms with Crippen molar-refractivity contribution in [2.24, 2.45) is 5.92 Å². The first-order chi connectivity index (χ1) is 8.38. The molecule has 0 aromatic rings. The van der Waals surface area contributed by atoms with Crippen molar-refractivity contribution in [1.82, 2.24) is 9.80 Å². The average Bonchev–Trinajstić information content (AvgIpc) is 2.39. The van der Waals surface area contributed by atoms with Crippen LogP contribution in [0.5, 0.6) is 0 Å². The molecule has 0 spiro atoms. The Kier molecular flexibility index (Phi) is 5.71. The highest BCUT2D eigenvalue weighted by Crippen LogP contribution is 2.18. The highest BCUT2D eigenvalue weighted by Gasteiger charge is 2.20. The quantitative estimate of drug-likeness (QED) is 0.758. The van der Waals surface area contributed by atoms with Gasteiger partial charge < -0.3 is 14.7 Å². The molecule has 17 heavy (non-hydrogen) atoms. The van der Waals surface area contributed by atoms with Gasteiger partial charge in [-0.1, -0.05) is 0 Å². The number of rotatable bonds is 5. The summed E-state index contributed by atoms with van der Waals surface area (Å²) in [7, 11) is 0. The first-order valence-corrected chi connectivity index (χ1v) is 7.02. The lowest BCUT2D eigenvalue weighted by molar-refractivity contribution is 0.0303. The zero-order valence-electron chi connectivity index (χ0n) is 10.8. The van der Waals surface area contributed by atoms with Crippen LogP contribution in [0.15, 0.2) is 0 Å². The van der Waals surface area contributed by atoms with Gasteiger partial charge in [0.05, 0.1) is 13.2 Å². The summed E-state index contributed by atoms with van der Waals surface area (Å²) < 4.78 is 5.36. The highest BCUT2D eigenvalue weighted by atomic mass is 16.5. The predicted molar refractivity (Wildman–Crippen MR) is 68.1 cm³/mol. The molecule has 0 aromatic heterocycles. The SMILES string of the molecule is OCCC1CCCN(CCN2CCOCC2)C1. The second-order valence-corrected chi connectivity index (χ2v) is 5.28. The van der Waals surface area contributed by atoms with Gasteiger partial charge in [-0.15, -0.1) is 0 Å². The Morgan fingerprint density at radius 2 is 1.82 bits per heavy atom. The molecule has 0 amide bonds. The molecule has 1 unspecified atom stereocenters. The van der Waals surface area contributed by atoms with Crippen molar-refractivity contribution < 1.29 is 9.84 Å². The van der Waals surface area contributed by atoms with E-state index in [1.54, 1.807) is 0 Å². The van der Waals surface area contributed by atoms with Gasteiger partial charge in [-0.2, -0.15) is 0 Å². The molecule has 0 aromatic carbocycles. The van der Waals surface area contributed by atoms with E-state index in [2.05, 4.69) is 9.80 Å². The van der Waals surface area contributed by atoms with Crippen LogP contribution in [0.1, 0.15) is 19.3 Å². The number of nitrogens with zero attached hydrogens (tertiary/aromatic N) is 2. The molecule has 2 heterocycles. The molecular weight excluding hydrogens is 216 g/mol. The molecule has 2 aliphatic heterocycles. The molecular formula is C13H26N2O2. The van der Waals surface area contributed by atoms with E-state index in [1.165, 1.54) is 39.0 Å². The molecule has 0 bridgehead atoms. The molecule has 100 valence electrons. The third-order valence-corrected chi connectivity index (χ3v) is 3.98. The van der Waals surface area contributed by atoms with Crippen LogP contribution in [0.2, 0.25) is 0 Å². The third kappa shape index (κ3) is 4.54. The molecule has 1 N–H and O–H groups in total. The number of aliphatic hydroxyl groups excluding tert-OH is 1. The molecule has 2 fully saturated rings. The monoisotopic (exact) mass is 242 g/mol. The lowest BCUT2D eigenvalue weighted by Crippen LogP contribution is -2.44. The topological polar surface area (TPSA) is 35.9 Å². The highest BCUT2D eigenvalue weighted by molar-refractivity contribution is 4.74. The van der Waals surface area contributed by atoms with Crippen LogP contribution in [-0.2, 0) is 4.74 Å². The fourth-order valence-corrected chi connectivity index (χ4v) is 2.88. The van der Waals surface area contributed by atoms with E-state index in [4.69, 9.17) is 9.84 Å². The second kappa shape index (κ2) is 7.31. The molecule has 2 aliphatic rings. The minimum Gasteiger partial charge on any atom is -0.396 e. The summed E-state index contributed by atoms with van der Waals surface area (Å²) in [5.41, 5.74) is 0. The summed E-state index contributed by atoms with van der Waals surface area (Å²) in [5.74, 6) is 0.721. The lowest BCUT2D eigenvalue weighted by Gasteiger charge is -2.35. The van der Waals surface area contributed by atoms with Crippen LogP contribution in [0.25, 0.3) is 0 Å². The van der Waals surface area contributed by atoms with Gasteiger partial charge in [0.25, 0.3) is 0 Å². The molecule has 0 radical (unpaired) electrons. The maximum atomic E-state index is 9.00. The number of piperidine rings is 1. The van der Waals surface area contributed by atoms with Crippen molar-refractivity contribution in [2.45, 2.75) is 19.3 Å². The van der Waals surface area contributed by atoms with E-state index < -0.39 is 0 Å². The fraction of sp³-hybridized carbons (Fsp3) is 1.00. The molecule has 2 saturated heterocycles. The number of morpholine rings is 1. The Morgan fingerprint density at radius 1 is 1.06 bits per heavy atom. The normalized spacial score (nSPS) is 28.4. The van der Waals surface area contributed by atoms with Crippen LogP contribution in [0.3, 0.4) is 0 Å². The van der Waals surface area contributed by atoms with Crippen LogP contribution < -0.4 is 0 Å². The van der Waals surface area contributed by atoms with Crippen LogP contribution in [-0.4, -0.2) is 74.0 Å². The molecule has 4 heteroatoms. The number of likely N-dealkylation sites (tertiary alicyclic amines) is 1. The zero-order valence-corrected chi connectivity index (χ0v) is 10.8. The van der Waals surface area contributed by atoms with Crippen LogP contribution in [0, 0.1) is 5.92 Å². The van der Waals surface area contributed by atoms with Crippen molar-refractivity contribution in [2.75, 3.05) is 59.1 Å².